The molecule has 0 radical (unpaired) electrons. The minimum atomic E-state index is -3.39. The van der Waals surface area contributed by atoms with Crippen molar-refractivity contribution in [2.75, 3.05) is 11.0 Å². The summed E-state index contributed by atoms with van der Waals surface area (Å²) < 4.78 is 36.2. The number of sulfonamides is 1. The molecule has 0 heterocycles. The Morgan fingerprint density at radius 1 is 1.33 bits per heavy atom. The van der Waals surface area contributed by atoms with Gasteiger partial charge in [0.15, 0.2) is 0 Å². The molecule has 0 aliphatic carbocycles. The van der Waals surface area contributed by atoms with Crippen molar-refractivity contribution in [2.24, 2.45) is 0 Å². The molecule has 0 atom stereocenters. The van der Waals surface area contributed by atoms with Crippen molar-refractivity contribution < 1.29 is 12.8 Å². The van der Waals surface area contributed by atoms with Gasteiger partial charge in [-0.2, -0.15) is 0 Å². The molecule has 3 nitrogen and oxygen atoms in total. The van der Waals surface area contributed by atoms with Gasteiger partial charge in [-0.1, -0.05) is 12.1 Å². The molecule has 1 N–H and O–H groups in total. The van der Waals surface area contributed by atoms with Crippen molar-refractivity contribution in [2.45, 2.75) is 0 Å². The highest BCUT2D eigenvalue weighted by molar-refractivity contribution is 7.92. The third-order valence-corrected chi connectivity index (χ3v) is 1.76. The quantitative estimate of drug-likeness (QED) is 0.759. The Hall–Kier alpha value is -1.10. The lowest BCUT2D eigenvalue weighted by molar-refractivity contribution is 0.603. The second-order valence-corrected chi connectivity index (χ2v) is 4.10. The Bertz CT molecular complexity index is 375. The Balaban J connectivity index is 2.98. The number of rotatable bonds is 2. The summed E-state index contributed by atoms with van der Waals surface area (Å²) in [5.41, 5.74) is -0.0278. The van der Waals surface area contributed by atoms with Crippen molar-refractivity contribution >= 4 is 15.7 Å². The summed E-state index contributed by atoms with van der Waals surface area (Å²) in [4.78, 5) is 0. The maximum Gasteiger partial charge on any atom is 0.229 e. The average Bonchev–Trinajstić information content (AvgIpc) is 1.91. The molecule has 1 rings (SSSR count). The zero-order chi connectivity index (χ0) is 9.19. The highest BCUT2D eigenvalue weighted by Crippen LogP contribution is 2.12. The normalized spacial score (nSPS) is 11.2. The van der Waals surface area contributed by atoms with E-state index in [9.17, 15) is 12.8 Å². The molecule has 1 aromatic carbocycles. The first-order valence-corrected chi connectivity index (χ1v) is 5.10. The van der Waals surface area contributed by atoms with Crippen LogP contribution < -0.4 is 4.72 Å². The number of halogens is 1. The SMILES string of the molecule is CS(=O)(=O)Nc1ccccc1F. The molecular formula is C7H8FNO2S. The van der Waals surface area contributed by atoms with E-state index in [2.05, 4.69) is 0 Å². The fourth-order valence-corrected chi connectivity index (χ4v) is 1.31. The lowest BCUT2D eigenvalue weighted by Gasteiger charge is -2.03. The molecule has 1 aromatic rings. The van der Waals surface area contributed by atoms with E-state index < -0.39 is 15.8 Å². The van der Waals surface area contributed by atoms with Crippen LogP contribution in [-0.4, -0.2) is 14.7 Å². The van der Waals surface area contributed by atoms with Crippen molar-refractivity contribution in [1.29, 1.82) is 0 Å². The summed E-state index contributed by atoms with van der Waals surface area (Å²) in [5, 5.41) is 0. The van der Waals surface area contributed by atoms with E-state index in [1.54, 1.807) is 6.07 Å². The lowest BCUT2D eigenvalue weighted by Crippen LogP contribution is -2.10. The van der Waals surface area contributed by atoms with Gasteiger partial charge in [0.2, 0.25) is 10.0 Å². The molecule has 66 valence electrons. The van der Waals surface area contributed by atoms with Crippen LogP contribution in [0.4, 0.5) is 10.1 Å². The first-order chi connectivity index (χ1) is 5.49. The molecule has 0 fully saturated rings. The molecule has 12 heavy (non-hydrogen) atoms. The molecule has 0 amide bonds. The van der Waals surface area contributed by atoms with Crippen LogP contribution >= 0.6 is 0 Å². The van der Waals surface area contributed by atoms with Gasteiger partial charge in [0, 0.05) is 0 Å². The van der Waals surface area contributed by atoms with Gasteiger partial charge in [0.1, 0.15) is 5.82 Å². The van der Waals surface area contributed by atoms with Crippen LogP contribution in [0.1, 0.15) is 0 Å². The highest BCUT2D eigenvalue weighted by Gasteiger charge is 2.04. The number of para-hydroxylation sites is 1. The fourth-order valence-electron chi connectivity index (χ4n) is 0.744. The van der Waals surface area contributed by atoms with Gasteiger partial charge in [-0.05, 0) is 12.1 Å². The summed E-state index contributed by atoms with van der Waals surface area (Å²) in [7, 11) is -3.39. The minimum absolute atomic E-state index is 0.0278. The van der Waals surface area contributed by atoms with Crippen molar-refractivity contribution in [1.82, 2.24) is 0 Å². The van der Waals surface area contributed by atoms with E-state index in [1.165, 1.54) is 18.2 Å². The first kappa shape index (κ1) is 8.99. The number of benzene rings is 1. The van der Waals surface area contributed by atoms with Gasteiger partial charge in [-0.3, -0.25) is 4.72 Å². The zero-order valence-corrected chi connectivity index (χ0v) is 7.23. The number of hydrogen-bond acceptors (Lipinski definition) is 2. The summed E-state index contributed by atoms with van der Waals surface area (Å²) in [6, 6.07) is 5.59. The fraction of sp³-hybridized carbons (Fsp3) is 0.143. The first-order valence-electron chi connectivity index (χ1n) is 3.21. The van der Waals surface area contributed by atoms with Crippen LogP contribution in [0.15, 0.2) is 24.3 Å². The van der Waals surface area contributed by atoms with Gasteiger partial charge in [-0.25, -0.2) is 12.8 Å². The molecule has 0 aliphatic heterocycles. The van der Waals surface area contributed by atoms with Crippen molar-refractivity contribution in [3.8, 4) is 0 Å². The number of anilines is 1. The highest BCUT2D eigenvalue weighted by atomic mass is 32.2. The molecular weight excluding hydrogens is 181 g/mol. The Morgan fingerprint density at radius 3 is 2.42 bits per heavy atom. The monoisotopic (exact) mass is 189 g/mol. The second-order valence-electron chi connectivity index (χ2n) is 2.35. The number of nitrogens with one attached hydrogen (secondary N) is 1. The molecule has 0 spiro atoms. The topological polar surface area (TPSA) is 46.2 Å². The standard InChI is InChI=1S/C7H8FNO2S/c1-12(10,11)9-7-5-3-2-4-6(7)8/h2-5,9H,1H3. The Morgan fingerprint density at radius 2 is 1.92 bits per heavy atom. The zero-order valence-electron chi connectivity index (χ0n) is 6.41. The minimum Gasteiger partial charge on any atom is -0.281 e. The van der Waals surface area contributed by atoms with E-state index in [4.69, 9.17) is 0 Å². The van der Waals surface area contributed by atoms with Gasteiger partial charge in [0.25, 0.3) is 0 Å². The molecule has 0 aliphatic rings. The van der Waals surface area contributed by atoms with Crippen LogP contribution in [0.25, 0.3) is 0 Å². The van der Waals surface area contributed by atoms with Crippen LogP contribution in [0.3, 0.4) is 0 Å². The molecule has 0 bridgehead atoms. The van der Waals surface area contributed by atoms with Crippen LogP contribution in [0.5, 0.6) is 0 Å². The van der Waals surface area contributed by atoms with Gasteiger partial charge < -0.3 is 0 Å². The van der Waals surface area contributed by atoms with Crippen LogP contribution in [0.2, 0.25) is 0 Å². The van der Waals surface area contributed by atoms with E-state index >= 15 is 0 Å². The smallest absolute Gasteiger partial charge is 0.229 e. The van der Waals surface area contributed by atoms with Crippen LogP contribution in [-0.2, 0) is 10.0 Å². The Labute approximate surface area is 70.3 Å². The summed E-state index contributed by atoms with van der Waals surface area (Å²) >= 11 is 0. The predicted molar refractivity (Wildman–Crippen MR) is 44.9 cm³/mol. The third kappa shape index (κ3) is 2.50. The average molecular weight is 189 g/mol. The maximum absolute atomic E-state index is 12.8. The van der Waals surface area contributed by atoms with Gasteiger partial charge in [0.05, 0.1) is 11.9 Å². The predicted octanol–water partition coefficient (Wildman–Crippen LogP) is 1.20. The molecule has 0 saturated carbocycles. The van der Waals surface area contributed by atoms with E-state index in [0.29, 0.717) is 0 Å². The van der Waals surface area contributed by atoms with Gasteiger partial charge >= 0.3 is 0 Å². The Kier molecular flexibility index (Phi) is 2.32. The molecule has 0 unspecified atom stereocenters. The second kappa shape index (κ2) is 3.10. The van der Waals surface area contributed by atoms with Gasteiger partial charge in [-0.15, -0.1) is 0 Å². The van der Waals surface area contributed by atoms with Crippen molar-refractivity contribution in [3.05, 3.63) is 30.1 Å². The van der Waals surface area contributed by atoms with Crippen molar-refractivity contribution in [3.63, 3.8) is 0 Å². The molecule has 0 saturated heterocycles. The summed E-state index contributed by atoms with van der Waals surface area (Å²) in [6.07, 6.45) is 0.972. The third-order valence-electron chi connectivity index (χ3n) is 1.17. The van der Waals surface area contributed by atoms with E-state index in [-0.39, 0.29) is 5.69 Å². The van der Waals surface area contributed by atoms with Crippen LogP contribution in [0, 0.1) is 5.82 Å². The summed E-state index contributed by atoms with van der Waals surface area (Å²) in [6.45, 7) is 0. The summed E-state index contributed by atoms with van der Waals surface area (Å²) in [5.74, 6) is -0.581. The largest absolute Gasteiger partial charge is 0.281 e. The lowest BCUT2D eigenvalue weighted by atomic mass is 10.3. The molecule has 5 heteroatoms. The van der Waals surface area contributed by atoms with E-state index in [1.807, 2.05) is 4.72 Å². The van der Waals surface area contributed by atoms with E-state index in [0.717, 1.165) is 6.26 Å². The maximum atomic E-state index is 12.8. The molecule has 0 aromatic heterocycles. The number of hydrogen-bond donors (Lipinski definition) is 1.